The standard InChI is InChI=1S/C20H30O3/c1-7-18(4)10-8-15-19(5)12-13(21)16(22)17(2,3)14(19)9-11-20(15,6)23-18/h7,12,14-15,21H,1,8-11H2,2-6H3/t14-,15+,18-,19-,20+/m0/s1. The summed E-state index contributed by atoms with van der Waals surface area (Å²) in [5, 5.41) is 10.3. The monoisotopic (exact) mass is 318 g/mol. The number of ketones is 1. The summed E-state index contributed by atoms with van der Waals surface area (Å²) in [6.45, 7) is 14.4. The van der Waals surface area contributed by atoms with Crippen molar-refractivity contribution in [2.24, 2.45) is 22.7 Å². The molecule has 2 aliphatic carbocycles. The quantitative estimate of drug-likeness (QED) is 0.720. The van der Waals surface area contributed by atoms with Crippen LogP contribution in [0.5, 0.6) is 0 Å². The summed E-state index contributed by atoms with van der Waals surface area (Å²) in [5.41, 5.74) is -1.25. The van der Waals surface area contributed by atoms with Crippen LogP contribution in [0, 0.1) is 22.7 Å². The first kappa shape index (κ1) is 16.8. The van der Waals surface area contributed by atoms with Crippen LogP contribution in [0.2, 0.25) is 0 Å². The number of hydrogen-bond acceptors (Lipinski definition) is 3. The number of allylic oxidation sites excluding steroid dienone is 2. The minimum Gasteiger partial charge on any atom is -0.505 e. The second-order valence-corrected chi connectivity index (χ2v) is 9.06. The van der Waals surface area contributed by atoms with E-state index in [-0.39, 0.29) is 34.1 Å². The van der Waals surface area contributed by atoms with Crippen molar-refractivity contribution in [2.45, 2.75) is 71.5 Å². The lowest BCUT2D eigenvalue weighted by atomic mass is 9.46. The number of aliphatic hydroxyl groups is 1. The first-order valence-corrected chi connectivity index (χ1v) is 8.79. The minimum atomic E-state index is -0.520. The van der Waals surface area contributed by atoms with E-state index in [1.54, 1.807) is 0 Å². The molecule has 0 aromatic rings. The molecule has 128 valence electrons. The number of carbonyl (C=O) groups is 1. The van der Waals surface area contributed by atoms with E-state index in [1.807, 2.05) is 26.0 Å². The molecule has 1 N–H and O–H groups in total. The lowest BCUT2D eigenvalue weighted by Gasteiger charge is -2.63. The Kier molecular flexibility index (Phi) is 3.44. The lowest BCUT2D eigenvalue weighted by molar-refractivity contribution is -0.236. The van der Waals surface area contributed by atoms with E-state index in [4.69, 9.17) is 4.74 Å². The van der Waals surface area contributed by atoms with Gasteiger partial charge in [-0.1, -0.05) is 26.8 Å². The van der Waals surface area contributed by atoms with E-state index in [2.05, 4.69) is 27.4 Å². The molecule has 0 radical (unpaired) electrons. The Morgan fingerprint density at radius 1 is 1.17 bits per heavy atom. The molecule has 3 aliphatic rings. The Morgan fingerprint density at radius 3 is 2.39 bits per heavy atom. The highest BCUT2D eigenvalue weighted by Gasteiger charge is 2.63. The van der Waals surface area contributed by atoms with E-state index in [9.17, 15) is 9.90 Å². The van der Waals surface area contributed by atoms with Crippen molar-refractivity contribution in [3.05, 3.63) is 24.5 Å². The number of ether oxygens (including phenoxy) is 1. The van der Waals surface area contributed by atoms with Gasteiger partial charge in [0.15, 0.2) is 5.76 Å². The van der Waals surface area contributed by atoms with E-state index in [1.165, 1.54) is 0 Å². The summed E-state index contributed by atoms with van der Waals surface area (Å²) in [4.78, 5) is 12.5. The zero-order valence-electron chi connectivity index (χ0n) is 15.1. The largest absolute Gasteiger partial charge is 0.505 e. The second-order valence-electron chi connectivity index (χ2n) is 9.06. The molecule has 3 heteroatoms. The van der Waals surface area contributed by atoms with Gasteiger partial charge in [0.05, 0.1) is 11.2 Å². The van der Waals surface area contributed by atoms with Gasteiger partial charge in [-0.25, -0.2) is 0 Å². The predicted octanol–water partition coefficient (Wildman–Crippen LogP) is 4.58. The summed E-state index contributed by atoms with van der Waals surface area (Å²) in [6.07, 6.45) is 7.62. The molecule has 1 saturated carbocycles. The second kappa shape index (κ2) is 4.72. The van der Waals surface area contributed by atoms with Crippen LogP contribution in [0.1, 0.15) is 60.3 Å². The Hall–Kier alpha value is -1.09. The molecule has 3 nitrogen and oxygen atoms in total. The fourth-order valence-electron chi connectivity index (χ4n) is 5.90. The summed E-state index contributed by atoms with van der Waals surface area (Å²) in [5.74, 6) is 0.371. The van der Waals surface area contributed by atoms with Crippen molar-refractivity contribution in [1.82, 2.24) is 0 Å². The van der Waals surface area contributed by atoms with Gasteiger partial charge in [0.2, 0.25) is 5.78 Å². The zero-order chi connectivity index (χ0) is 17.3. The van der Waals surface area contributed by atoms with E-state index in [0.29, 0.717) is 5.92 Å². The maximum Gasteiger partial charge on any atom is 0.202 e. The lowest BCUT2D eigenvalue weighted by Crippen LogP contribution is -2.63. The zero-order valence-corrected chi connectivity index (χ0v) is 15.1. The van der Waals surface area contributed by atoms with Crippen LogP contribution >= 0.6 is 0 Å². The molecular weight excluding hydrogens is 288 g/mol. The summed E-state index contributed by atoms with van der Waals surface area (Å²) in [6, 6.07) is 0. The Bertz CT molecular complexity index is 590. The molecule has 5 atom stereocenters. The van der Waals surface area contributed by atoms with Crippen molar-refractivity contribution in [3.8, 4) is 0 Å². The molecule has 1 heterocycles. The molecule has 3 rings (SSSR count). The highest BCUT2D eigenvalue weighted by molar-refractivity contribution is 5.98. The number of rotatable bonds is 1. The SMILES string of the molecule is C=C[C@@]1(C)CC[C@@H]2[C@@]3(C)C=C(O)C(=O)C(C)(C)[C@@H]3CC[C@@]2(C)O1. The van der Waals surface area contributed by atoms with Gasteiger partial charge in [0, 0.05) is 5.41 Å². The number of aliphatic hydroxyl groups excluding tert-OH is 1. The van der Waals surface area contributed by atoms with Crippen molar-refractivity contribution >= 4 is 5.78 Å². The Morgan fingerprint density at radius 2 is 1.78 bits per heavy atom. The van der Waals surface area contributed by atoms with E-state index >= 15 is 0 Å². The van der Waals surface area contributed by atoms with Crippen LogP contribution in [-0.2, 0) is 9.53 Å². The van der Waals surface area contributed by atoms with Gasteiger partial charge in [-0.05, 0) is 62.9 Å². The Labute approximate surface area is 139 Å². The van der Waals surface area contributed by atoms with Gasteiger partial charge in [-0.15, -0.1) is 6.58 Å². The van der Waals surface area contributed by atoms with Crippen molar-refractivity contribution in [3.63, 3.8) is 0 Å². The molecule has 0 spiro atoms. The van der Waals surface area contributed by atoms with Crippen LogP contribution in [0.3, 0.4) is 0 Å². The summed E-state index contributed by atoms with van der Waals surface area (Å²) < 4.78 is 6.55. The molecule has 1 saturated heterocycles. The fraction of sp³-hybridized carbons (Fsp3) is 0.750. The first-order valence-electron chi connectivity index (χ1n) is 8.79. The van der Waals surface area contributed by atoms with E-state index in [0.717, 1.165) is 25.7 Å². The van der Waals surface area contributed by atoms with E-state index < -0.39 is 5.41 Å². The number of hydrogen-bond donors (Lipinski definition) is 1. The number of Topliss-reactive ketones (excluding diaryl/α,β-unsaturated/α-hetero) is 1. The van der Waals surface area contributed by atoms with Gasteiger partial charge in [-0.3, -0.25) is 4.79 Å². The average Bonchev–Trinajstić information content (AvgIpc) is 2.43. The van der Waals surface area contributed by atoms with Crippen LogP contribution in [0.4, 0.5) is 0 Å². The molecule has 2 fully saturated rings. The van der Waals surface area contributed by atoms with Crippen LogP contribution in [0.15, 0.2) is 24.5 Å². The highest BCUT2D eigenvalue weighted by Crippen LogP contribution is 2.63. The maximum absolute atomic E-state index is 12.5. The fourth-order valence-corrected chi connectivity index (χ4v) is 5.90. The molecule has 0 amide bonds. The summed E-state index contributed by atoms with van der Waals surface area (Å²) in [7, 11) is 0. The normalized spacial score (nSPS) is 48.9. The van der Waals surface area contributed by atoms with Gasteiger partial charge in [0.1, 0.15) is 0 Å². The number of fused-ring (bicyclic) bond motifs is 3. The topological polar surface area (TPSA) is 46.5 Å². The van der Waals surface area contributed by atoms with Crippen LogP contribution in [0.25, 0.3) is 0 Å². The third kappa shape index (κ3) is 2.15. The molecule has 0 aromatic heterocycles. The molecule has 0 aromatic carbocycles. The van der Waals surface area contributed by atoms with Crippen molar-refractivity contribution in [1.29, 1.82) is 0 Å². The molecule has 1 aliphatic heterocycles. The molecule has 0 bridgehead atoms. The van der Waals surface area contributed by atoms with Crippen molar-refractivity contribution in [2.75, 3.05) is 0 Å². The predicted molar refractivity (Wildman–Crippen MR) is 91.1 cm³/mol. The first-order chi connectivity index (χ1) is 10.5. The molecular formula is C20H30O3. The average molecular weight is 318 g/mol. The van der Waals surface area contributed by atoms with Gasteiger partial charge in [0.25, 0.3) is 0 Å². The molecule has 0 unspecified atom stereocenters. The van der Waals surface area contributed by atoms with Gasteiger partial charge in [-0.2, -0.15) is 0 Å². The van der Waals surface area contributed by atoms with Crippen LogP contribution < -0.4 is 0 Å². The van der Waals surface area contributed by atoms with Gasteiger partial charge >= 0.3 is 0 Å². The minimum absolute atomic E-state index is 0.0601. The van der Waals surface area contributed by atoms with Crippen molar-refractivity contribution < 1.29 is 14.6 Å². The highest BCUT2D eigenvalue weighted by atomic mass is 16.5. The van der Waals surface area contributed by atoms with Gasteiger partial charge < -0.3 is 9.84 Å². The Balaban J connectivity index is 2.07. The number of carbonyl (C=O) groups excluding carboxylic acids is 1. The smallest absolute Gasteiger partial charge is 0.202 e. The third-order valence-corrected chi connectivity index (χ3v) is 7.13. The maximum atomic E-state index is 12.5. The third-order valence-electron chi connectivity index (χ3n) is 7.13. The van der Waals surface area contributed by atoms with Crippen LogP contribution in [-0.4, -0.2) is 22.1 Å². The summed E-state index contributed by atoms with van der Waals surface area (Å²) >= 11 is 0. The molecule has 23 heavy (non-hydrogen) atoms.